The van der Waals surface area contributed by atoms with Gasteiger partial charge in [-0.05, 0) is 43.2 Å². The van der Waals surface area contributed by atoms with Crippen LogP contribution in [-0.2, 0) is 9.59 Å². The maximum Gasteiger partial charge on any atom is 0.277 e. The van der Waals surface area contributed by atoms with Gasteiger partial charge < -0.3 is 14.5 Å². The lowest BCUT2D eigenvalue weighted by Crippen LogP contribution is -2.47. The summed E-state index contributed by atoms with van der Waals surface area (Å²) in [6.07, 6.45) is 0.935. The summed E-state index contributed by atoms with van der Waals surface area (Å²) in [7, 11) is 0. The molecular weight excluding hydrogens is 390 g/mol. The number of amides is 2. The average molecular weight is 420 g/mol. The number of benzene rings is 2. The molecule has 2 aromatic rings. The van der Waals surface area contributed by atoms with Crippen LogP contribution >= 0.6 is 0 Å². The number of anilines is 1. The summed E-state index contributed by atoms with van der Waals surface area (Å²) >= 11 is 0. The number of carbonyl (C=O) groups excluding carboxylic acids is 2. The monoisotopic (exact) mass is 419 g/mol. The van der Waals surface area contributed by atoms with E-state index in [0.717, 1.165) is 30.8 Å². The van der Waals surface area contributed by atoms with Crippen molar-refractivity contribution < 1.29 is 14.3 Å². The highest BCUT2D eigenvalue weighted by Gasteiger charge is 2.41. The van der Waals surface area contributed by atoms with Crippen LogP contribution in [0, 0.1) is 0 Å². The van der Waals surface area contributed by atoms with Gasteiger partial charge in [-0.15, -0.1) is 0 Å². The molecular formula is C25H29N3O3. The predicted octanol–water partition coefficient (Wildman–Crippen LogP) is 3.40. The van der Waals surface area contributed by atoms with Gasteiger partial charge in [0, 0.05) is 38.4 Å². The minimum absolute atomic E-state index is 0.193. The molecule has 0 aromatic heterocycles. The summed E-state index contributed by atoms with van der Waals surface area (Å²) < 4.78 is 5.67. The van der Waals surface area contributed by atoms with Crippen LogP contribution in [0.1, 0.15) is 25.8 Å². The van der Waals surface area contributed by atoms with E-state index in [4.69, 9.17) is 4.74 Å². The van der Waals surface area contributed by atoms with Gasteiger partial charge in [-0.3, -0.25) is 14.5 Å². The molecule has 4 rings (SSSR count). The zero-order valence-electron chi connectivity index (χ0n) is 18.2. The predicted molar refractivity (Wildman–Crippen MR) is 122 cm³/mol. The smallest absolute Gasteiger partial charge is 0.277 e. The molecule has 6 heteroatoms. The Labute approximate surface area is 183 Å². The van der Waals surface area contributed by atoms with E-state index in [9.17, 15) is 9.59 Å². The SMILES string of the molecule is CCCOc1ccc(C2=C(N3CCN(c4ccccc4)CC3)C(=O)N(CC)C2=O)cc1. The van der Waals surface area contributed by atoms with Crippen molar-refractivity contribution in [3.63, 3.8) is 0 Å². The summed E-state index contributed by atoms with van der Waals surface area (Å²) in [6.45, 7) is 7.92. The molecule has 1 saturated heterocycles. The molecule has 0 atom stereocenters. The fourth-order valence-electron chi connectivity index (χ4n) is 4.17. The average Bonchev–Trinajstić information content (AvgIpc) is 3.08. The molecule has 1 fully saturated rings. The van der Waals surface area contributed by atoms with E-state index in [1.165, 1.54) is 10.6 Å². The number of imide groups is 1. The van der Waals surface area contributed by atoms with E-state index in [1.807, 2.05) is 49.4 Å². The Kier molecular flexibility index (Phi) is 6.26. The number of nitrogens with zero attached hydrogens (tertiary/aromatic N) is 3. The summed E-state index contributed by atoms with van der Waals surface area (Å²) in [6, 6.07) is 17.8. The lowest BCUT2D eigenvalue weighted by molar-refractivity contribution is -0.137. The first-order chi connectivity index (χ1) is 15.1. The van der Waals surface area contributed by atoms with Crippen molar-refractivity contribution in [3.8, 4) is 5.75 Å². The Balaban J connectivity index is 1.60. The number of piperazine rings is 1. The normalized spacial score (nSPS) is 17.0. The topological polar surface area (TPSA) is 53.1 Å². The van der Waals surface area contributed by atoms with Gasteiger partial charge >= 0.3 is 0 Å². The van der Waals surface area contributed by atoms with E-state index in [-0.39, 0.29) is 11.8 Å². The Morgan fingerprint density at radius 3 is 2.06 bits per heavy atom. The third-order valence-corrected chi connectivity index (χ3v) is 5.79. The second-order valence-electron chi connectivity index (χ2n) is 7.76. The number of hydrogen-bond donors (Lipinski definition) is 0. The Hall–Kier alpha value is -3.28. The largest absolute Gasteiger partial charge is 0.494 e. The molecule has 0 aliphatic carbocycles. The van der Waals surface area contributed by atoms with Crippen molar-refractivity contribution in [2.24, 2.45) is 0 Å². The molecule has 2 amide bonds. The molecule has 6 nitrogen and oxygen atoms in total. The number of carbonyl (C=O) groups is 2. The van der Waals surface area contributed by atoms with Gasteiger partial charge in [-0.25, -0.2) is 0 Å². The van der Waals surface area contributed by atoms with E-state index in [2.05, 4.69) is 28.9 Å². The third-order valence-electron chi connectivity index (χ3n) is 5.79. The van der Waals surface area contributed by atoms with Crippen LogP contribution in [-0.4, -0.2) is 60.9 Å². The van der Waals surface area contributed by atoms with Crippen LogP contribution < -0.4 is 9.64 Å². The van der Waals surface area contributed by atoms with Crippen LogP contribution in [0.25, 0.3) is 5.57 Å². The maximum atomic E-state index is 13.2. The Morgan fingerprint density at radius 2 is 1.45 bits per heavy atom. The van der Waals surface area contributed by atoms with E-state index in [1.54, 1.807) is 0 Å². The van der Waals surface area contributed by atoms with Crippen molar-refractivity contribution in [2.75, 3.05) is 44.2 Å². The molecule has 2 aliphatic rings. The van der Waals surface area contributed by atoms with Gasteiger partial charge in [0.15, 0.2) is 0 Å². The number of ether oxygens (including phenoxy) is 1. The highest BCUT2D eigenvalue weighted by Crippen LogP contribution is 2.33. The first-order valence-electron chi connectivity index (χ1n) is 11.0. The molecule has 31 heavy (non-hydrogen) atoms. The van der Waals surface area contributed by atoms with Gasteiger partial charge in [-0.1, -0.05) is 37.3 Å². The van der Waals surface area contributed by atoms with Crippen LogP contribution in [0.3, 0.4) is 0 Å². The lowest BCUT2D eigenvalue weighted by Gasteiger charge is -2.37. The molecule has 0 N–H and O–H groups in total. The number of rotatable bonds is 7. The van der Waals surface area contributed by atoms with Crippen LogP contribution in [0.2, 0.25) is 0 Å². The fourth-order valence-corrected chi connectivity index (χ4v) is 4.17. The van der Waals surface area contributed by atoms with Crippen molar-refractivity contribution in [3.05, 3.63) is 65.9 Å². The molecule has 0 radical (unpaired) electrons. The first kappa shape index (κ1) is 21.0. The number of hydrogen-bond acceptors (Lipinski definition) is 5. The van der Waals surface area contributed by atoms with E-state index in [0.29, 0.717) is 37.5 Å². The zero-order chi connectivity index (χ0) is 21.8. The molecule has 0 bridgehead atoms. The quantitative estimate of drug-likeness (QED) is 0.644. The molecule has 0 unspecified atom stereocenters. The van der Waals surface area contributed by atoms with Crippen LogP contribution in [0.5, 0.6) is 5.75 Å². The minimum atomic E-state index is -0.213. The standard InChI is InChI=1S/C25H29N3O3/c1-3-18-31-21-12-10-19(11-13-21)22-23(25(30)28(4-2)24(22)29)27-16-14-26(15-17-27)20-8-6-5-7-9-20/h5-13H,3-4,14-18H2,1-2H3. The van der Waals surface area contributed by atoms with Gasteiger partial charge in [0.05, 0.1) is 12.2 Å². The summed E-state index contributed by atoms with van der Waals surface area (Å²) in [4.78, 5) is 32.0. The molecule has 2 aromatic carbocycles. The molecule has 0 saturated carbocycles. The number of likely N-dealkylation sites (N-methyl/N-ethyl adjacent to an activating group) is 1. The molecule has 2 aliphatic heterocycles. The van der Waals surface area contributed by atoms with Gasteiger partial charge in [-0.2, -0.15) is 0 Å². The number of para-hydroxylation sites is 1. The van der Waals surface area contributed by atoms with Crippen molar-refractivity contribution in [1.82, 2.24) is 9.80 Å². The molecule has 2 heterocycles. The third kappa shape index (κ3) is 4.15. The van der Waals surface area contributed by atoms with Crippen LogP contribution in [0.4, 0.5) is 5.69 Å². The summed E-state index contributed by atoms with van der Waals surface area (Å²) in [5.74, 6) is 0.366. The van der Waals surface area contributed by atoms with E-state index < -0.39 is 0 Å². The summed E-state index contributed by atoms with van der Waals surface area (Å²) in [5.41, 5.74) is 2.98. The van der Waals surface area contributed by atoms with Crippen molar-refractivity contribution >= 4 is 23.1 Å². The second kappa shape index (κ2) is 9.25. The Bertz CT molecular complexity index is 961. The van der Waals surface area contributed by atoms with Crippen molar-refractivity contribution in [2.45, 2.75) is 20.3 Å². The van der Waals surface area contributed by atoms with Gasteiger partial charge in [0.25, 0.3) is 11.8 Å². The highest BCUT2D eigenvalue weighted by molar-refractivity contribution is 6.35. The van der Waals surface area contributed by atoms with Gasteiger partial charge in [0.1, 0.15) is 11.4 Å². The lowest BCUT2D eigenvalue weighted by atomic mass is 10.0. The second-order valence-corrected chi connectivity index (χ2v) is 7.76. The fraction of sp³-hybridized carbons (Fsp3) is 0.360. The maximum absolute atomic E-state index is 13.2. The van der Waals surface area contributed by atoms with Crippen molar-refractivity contribution in [1.29, 1.82) is 0 Å². The van der Waals surface area contributed by atoms with Crippen LogP contribution in [0.15, 0.2) is 60.3 Å². The van der Waals surface area contributed by atoms with E-state index >= 15 is 0 Å². The summed E-state index contributed by atoms with van der Waals surface area (Å²) in [5, 5.41) is 0. The minimum Gasteiger partial charge on any atom is -0.494 e. The Morgan fingerprint density at radius 1 is 0.806 bits per heavy atom. The van der Waals surface area contributed by atoms with Gasteiger partial charge in [0.2, 0.25) is 0 Å². The zero-order valence-corrected chi connectivity index (χ0v) is 18.2. The first-order valence-corrected chi connectivity index (χ1v) is 11.0. The molecule has 162 valence electrons. The highest BCUT2D eigenvalue weighted by atomic mass is 16.5. The molecule has 0 spiro atoms.